The summed E-state index contributed by atoms with van der Waals surface area (Å²) in [5, 5.41) is 0. The molecule has 0 bridgehead atoms. The molecule has 1 fully saturated rings. The molecule has 1 atom stereocenters. The molecule has 0 spiro atoms. The lowest BCUT2D eigenvalue weighted by Crippen LogP contribution is -2.45. The molecule has 0 saturated carbocycles. The van der Waals surface area contributed by atoms with Crippen LogP contribution in [-0.2, 0) is 4.74 Å². The van der Waals surface area contributed by atoms with E-state index in [2.05, 4.69) is 11.8 Å². The third kappa shape index (κ3) is 7.02. The Balaban J connectivity index is 1.91. The Morgan fingerprint density at radius 2 is 1.82 bits per heavy atom. The van der Waals surface area contributed by atoms with Crippen molar-refractivity contribution in [3.63, 3.8) is 0 Å². The molecule has 3 heteroatoms. The minimum Gasteiger partial charge on any atom is -0.374 e. The highest BCUT2D eigenvalue weighted by atomic mass is 16.5. The van der Waals surface area contributed by atoms with E-state index in [0.29, 0.717) is 6.54 Å². The quantitative estimate of drug-likeness (QED) is 0.631. The molecule has 0 aliphatic carbocycles. The summed E-state index contributed by atoms with van der Waals surface area (Å²) in [5.41, 5.74) is 5.64. The zero-order valence-corrected chi connectivity index (χ0v) is 11.5. The molecule has 1 saturated heterocycles. The summed E-state index contributed by atoms with van der Waals surface area (Å²) < 4.78 is 5.56. The smallest absolute Gasteiger partial charge is 0.0824 e. The molecular weight excluding hydrogens is 212 g/mol. The van der Waals surface area contributed by atoms with E-state index in [0.717, 1.165) is 19.7 Å². The van der Waals surface area contributed by atoms with Gasteiger partial charge >= 0.3 is 0 Å². The fourth-order valence-electron chi connectivity index (χ4n) is 2.42. The number of rotatable bonds is 9. The first kappa shape index (κ1) is 14.9. The van der Waals surface area contributed by atoms with Gasteiger partial charge in [0.1, 0.15) is 0 Å². The molecule has 0 aromatic carbocycles. The van der Waals surface area contributed by atoms with Gasteiger partial charge in [0, 0.05) is 19.6 Å². The minimum atomic E-state index is 0.272. The summed E-state index contributed by atoms with van der Waals surface area (Å²) in [4.78, 5) is 2.51. The van der Waals surface area contributed by atoms with Crippen molar-refractivity contribution in [2.24, 2.45) is 5.73 Å². The Labute approximate surface area is 107 Å². The van der Waals surface area contributed by atoms with Crippen molar-refractivity contribution in [2.75, 3.05) is 32.8 Å². The summed E-state index contributed by atoms with van der Waals surface area (Å²) in [5.74, 6) is 0. The van der Waals surface area contributed by atoms with E-state index < -0.39 is 0 Å². The molecule has 0 radical (unpaired) electrons. The van der Waals surface area contributed by atoms with Crippen LogP contribution in [-0.4, -0.2) is 43.8 Å². The predicted octanol–water partition coefficient (Wildman–Crippen LogP) is 2.40. The van der Waals surface area contributed by atoms with Crippen LogP contribution in [0.15, 0.2) is 0 Å². The number of unbranched alkanes of at least 4 members (excludes halogenated alkanes) is 6. The standard InChI is InChI=1S/C14H30N2O/c1-2-3-4-5-6-7-8-9-16-10-11-17-14(12-15)13-16/h14H,2-13,15H2,1H3. The van der Waals surface area contributed by atoms with Crippen LogP contribution >= 0.6 is 0 Å². The average Bonchev–Trinajstić information content (AvgIpc) is 2.38. The monoisotopic (exact) mass is 242 g/mol. The molecule has 102 valence electrons. The van der Waals surface area contributed by atoms with Crippen molar-refractivity contribution >= 4 is 0 Å². The zero-order valence-electron chi connectivity index (χ0n) is 11.5. The summed E-state index contributed by atoms with van der Waals surface area (Å²) in [6.07, 6.45) is 9.98. The SMILES string of the molecule is CCCCCCCCCN1CCOC(CN)C1. The highest BCUT2D eigenvalue weighted by Gasteiger charge is 2.18. The maximum Gasteiger partial charge on any atom is 0.0824 e. The molecule has 17 heavy (non-hydrogen) atoms. The lowest BCUT2D eigenvalue weighted by atomic mass is 10.1. The van der Waals surface area contributed by atoms with Gasteiger partial charge in [-0.2, -0.15) is 0 Å². The van der Waals surface area contributed by atoms with Gasteiger partial charge in [-0.05, 0) is 13.0 Å². The first-order valence-electron chi connectivity index (χ1n) is 7.40. The largest absolute Gasteiger partial charge is 0.374 e. The number of nitrogens with two attached hydrogens (primary N) is 1. The number of hydrogen-bond acceptors (Lipinski definition) is 3. The third-order valence-corrected chi connectivity index (χ3v) is 3.56. The van der Waals surface area contributed by atoms with E-state index in [1.54, 1.807) is 0 Å². The lowest BCUT2D eigenvalue weighted by molar-refractivity contribution is -0.0235. The van der Waals surface area contributed by atoms with Crippen molar-refractivity contribution in [1.82, 2.24) is 4.90 Å². The third-order valence-electron chi connectivity index (χ3n) is 3.56. The average molecular weight is 242 g/mol. The first-order valence-corrected chi connectivity index (χ1v) is 7.40. The highest BCUT2D eigenvalue weighted by molar-refractivity contribution is 4.71. The minimum absolute atomic E-state index is 0.272. The molecule has 1 unspecified atom stereocenters. The second kappa shape index (κ2) is 9.86. The van der Waals surface area contributed by atoms with Gasteiger partial charge in [-0.25, -0.2) is 0 Å². The molecule has 1 heterocycles. The van der Waals surface area contributed by atoms with Crippen LogP contribution in [0.2, 0.25) is 0 Å². The summed E-state index contributed by atoms with van der Waals surface area (Å²) in [7, 11) is 0. The molecule has 0 aromatic heterocycles. The van der Waals surface area contributed by atoms with Crippen LogP contribution in [0.1, 0.15) is 51.9 Å². The summed E-state index contributed by atoms with van der Waals surface area (Å²) >= 11 is 0. The van der Waals surface area contributed by atoms with Crippen LogP contribution in [0.25, 0.3) is 0 Å². The molecule has 2 N–H and O–H groups in total. The van der Waals surface area contributed by atoms with Gasteiger partial charge in [-0.15, -0.1) is 0 Å². The van der Waals surface area contributed by atoms with Crippen LogP contribution < -0.4 is 5.73 Å². The first-order chi connectivity index (χ1) is 8.36. The lowest BCUT2D eigenvalue weighted by Gasteiger charge is -2.32. The maximum atomic E-state index is 5.64. The van der Waals surface area contributed by atoms with Gasteiger partial charge in [-0.3, -0.25) is 4.90 Å². The van der Waals surface area contributed by atoms with Crippen LogP contribution in [0, 0.1) is 0 Å². The Kier molecular flexibility index (Phi) is 8.67. The van der Waals surface area contributed by atoms with E-state index in [1.807, 2.05) is 0 Å². The molecular formula is C14H30N2O. The van der Waals surface area contributed by atoms with Gasteiger partial charge in [-0.1, -0.05) is 45.4 Å². The van der Waals surface area contributed by atoms with Gasteiger partial charge in [0.15, 0.2) is 0 Å². The van der Waals surface area contributed by atoms with Gasteiger partial charge in [0.2, 0.25) is 0 Å². The Morgan fingerprint density at radius 1 is 1.12 bits per heavy atom. The van der Waals surface area contributed by atoms with Crippen molar-refractivity contribution in [2.45, 2.75) is 58.0 Å². The normalized spacial score (nSPS) is 21.9. The fourth-order valence-corrected chi connectivity index (χ4v) is 2.42. The summed E-state index contributed by atoms with van der Waals surface area (Å²) in [6, 6.07) is 0. The number of ether oxygens (including phenoxy) is 1. The molecule has 1 rings (SSSR count). The van der Waals surface area contributed by atoms with Gasteiger partial charge in [0.25, 0.3) is 0 Å². The molecule has 0 aromatic rings. The number of nitrogens with zero attached hydrogens (tertiary/aromatic N) is 1. The van der Waals surface area contributed by atoms with E-state index in [1.165, 1.54) is 51.5 Å². The van der Waals surface area contributed by atoms with Crippen LogP contribution in [0.5, 0.6) is 0 Å². The molecule has 0 amide bonds. The second-order valence-corrected chi connectivity index (χ2v) is 5.15. The second-order valence-electron chi connectivity index (χ2n) is 5.15. The summed E-state index contributed by atoms with van der Waals surface area (Å²) in [6.45, 7) is 7.14. The number of morpholine rings is 1. The van der Waals surface area contributed by atoms with Crippen molar-refractivity contribution in [3.8, 4) is 0 Å². The van der Waals surface area contributed by atoms with Gasteiger partial charge in [0.05, 0.1) is 12.7 Å². The van der Waals surface area contributed by atoms with Crippen LogP contribution in [0.4, 0.5) is 0 Å². The number of hydrogen-bond donors (Lipinski definition) is 1. The van der Waals surface area contributed by atoms with Crippen molar-refractivity contribution < 1.29 is 4.74 Å². The van der Waals surface area contributed by atoms with Crippen molar-refractivity contribution in [3.05, 3.63) is 0 Å². The topological polar surface area (TPSA) is 38.5 Å². The predicted molar refractivity (Wildman–Crippen MR) is 73.2 cm³/mol. The molecule has 3 nitrogen and oxygen atoms in total. The Hall–Kier alpha value is -0.120. The van der Waals surface area contributed by atoms with E-state index >= 15 is 0 Å². The zero-order chi connectivity index (χ0) is 12.3. The fraction of sp³-hybridized carbons (Fsp3) is 1.00. The van der Waals surface area contributed by atoms with Crippen molar-refractivity contribution in [1.29, 1.82) is 0 Å². The van der Waals surface area contributed by atoms with E-state index in [-0.39, 0.29) is 6.10 Å². The maximum absolute atomic E-state index is 5.64. The highest BCUT2D eigenvalue weighted by Crippen LogP contribution is 2.09. The van der Waals surface area contributed by atoms with E-state index in [4.69, 9.17) is 10.5 Å². The molecule has 1 aliphatic heterocycles. The molecule has 1 aliphatic rings. The van der Waals surface area contributed by atoms with E-state index in [9.17, 15) is 0 Å². The van der Waals surface area contributed by atoms with Gasteiger partial charge < -0.3 is 10.5 Å². The van der Waals surface area contributed by atoms with Crippen LogP contribution in [0.3, 0.4) is 0 Å². The Morgan fingerprint density at radius 3 is 2.53 bits per heavy atom. The Bertz CT molecular complexity index is 176.